The van der Waals surface area contributed by atoms with Crippen molar-refractivity contribution in [3.63, 3.8) is 0 Å². The van der Waals surface area contributed by atoms with Gasteiger partial charge in [-0.3, -0.25) is 4.79 Å². The highest BCUT2D eigenvalue weighted by Crippen LogP contribution is 2.04. The normalized spacial score (nSPS) is 10.3. The second-order valence-electron chi connectivity index (χ2n) is 2.83. The third kappa shape index (κ3) is 6.07. The van der Waals surface area contributed by atoms with Crippen molar-refractivity contribution in [3.8, 4) is 6.07 Å². The first-order valence-electron chi connectivity index (χ1n) is 5.29. The van der Waals surface area contributed by atoms with E-state index in [0.29, 0.717) is 6.26 Å². The summed E-state index contributed by atoms with van der Waals surface area (Å²) in [6.07, 6.45) is -1.02. The fraction of sp³-hybridized carbons (Fsp3) is 0.455. The molecule has 0 heterocycles. The standard InChI is InChI=1S/C11H13NO7/c1-3-16-10(14)9(11(15)17-4-2)18-6-8(5-12)19-7-13/h6-7,9H,3-4H2,1-2H3/b8-6+. The number of hydrogen-bond donors (Lipinski definition) is 0. The Bertz CT molecular complexity index is 378. The minimum absolute atomic E-state index is 0.00213. The summed E-state index contributed by atoms with van der Waals surface area (Å²) >= 11 is 0. The Balaban J connectivity index is 4.85. The summed E-state index contributed by atoms with van der Waals surface area (Å²) in [5.74, 6) is -2.46. The molecule has 19 heavy (non-hydrogen) atoms. The summed E-state index contributed by atoms with van der Waals surface area (Å²) in [5.41, 5.74) is 0. The van der Waals surface area contributed by atoms with Crippen LogP contribution in [0, 0.1) is 11.3 Å². The Morgan fingerprint density at radius 1 is 1.21 bits per heavy atom. The SMILES string of the molecule is CCOC(=O)C(O/C=C(\C#N)OC=O)C(=O)OCC. The van der Waals surface area contributed by atoms with Crippen LogP contribution in [0.25, 0.3) is 0 Å². The van der Waals surface area contributed by atoms with Crippen LogP contribution in [-0.4, -0.2) is 37.7 Å². The first kappa shape index (κ1) is 16.4. The van der Waals surface area contributed by atoms with E-state index in [-0.39, 0.29) is 19.7 Å². The van der Waals surface area contributed by atoms with Crippen molar-refractivity contribution in [2.75, 3.05) is 13.2 Å². The number of nitrogens with zero attached hydrogens (tertiary/aromatic N) is 1. The molecule has 8 nitrogen and oxygen atoms in total. The number of esters is 2. The fourth-order valence-corrected chi connectivity index (χ4v) is 0.905. The second-order valence-corrected chi connectivity index (χ2v) is 2.83. The number of carbonyl (C=O) groups excluding carboxylic acids is 3. The van der Waals surface area contributed by atoms with Crippen molar-refractivity contribution < 1.29 is 33.3 Å². The number of ether oxygens (including phenoxy) is 4. The van der Waals surface area contributed by atoms with Crippen molar-refractivity contribution in [2.45, 2.75) is 20.0 Å². The largest absolute Gasteiger partial charge is 0.470 e. The summed E-state index contributed by atoms with van der Waals surface area (Å²) in [5, 5.41) is 8.54. The van der Waals surface area contributed by atoms with E-state index in [1.807, 2.05) is 0 Å². The number of allylic oxidation sites excluding steroid dienone is 1. The van der Waals surface area contributed by atoms with E-state index in [4.69, 9.17) is 10.00 Å². The molecule has 0 radical (unpaired) electrons. The molecule has 0 aromatic heterocycles. The highest BCUT2D eigenvalue weighted by Gasteiger charge is 2.31. The van der Waals surface area contributed by atoms with Gasteiger partial charge in [-0.15, -0.1) is 0 Å². The van der Waals surface area contributed by atoms with Crippen LogP contribution in [0.2, 0.25) is 0 Å². The average molecular weight is 271 g/mol. The molecule has 0 aliphatic heterocycles. The van der Waals surface area contributed by atoms with Crippen LogP contribution in [-0.2, 0) is 33.3 Å². The number of rotatable bonds is 8. The summed E-state index contributed by atoms with van der Waals surface area (Å²) < 4.78 is 18.2. The predicted molar refractivity (Wildman–Crippen MR) is 59.0 cm³/mol. The lowest BCUT2D eigenvalue weighted by Crippen LogP contribution is -2.35. The van der Waals surface area contributed by atoms with E-state index < -0.39 is 23.8 Å². The van der Waals surface area contributed by atoms with Gasteiger partial charge in [-0.2, -0.15) is 5.26 Å². The third-order valence-corrected chi connectivity index (χ3v) is 1.60. The van der Waals surface area contributed by atoms with E-state index in [2.05, 4.69) is 14.2 Å². The molecule has 0 bridgehead atoms. The molecule has 0 N–H and O–H groups in total. The number of hydrogen-bond acceptors (Lipinski definition) is 8. The van der Waals surface area contributed by atoms with Crippen LogP contribution in [0.1, 0.15) is 13.8 Å². The molecule has 0 fully saturated rings. The summed E-state index contributed by atoms with van der Waals surface area (Å²) in [6.45, 7) is 3.18. The van der Waals surface area contributed by atoms with Crippen LogP contribution in [0.4, 0.5) is 0 Å². The third-order valence-electron chi connectivity index (χ3n) is 1.60. The minimum Gasteiger partial charge on any atom is -0.470 e. The van der Waals surface area contributed by atoms with Crippen LogP contribution < -0.4 is 0 Å². The zero-order chi connectivity index (χ0) is 14.7. The predicted octanol–water partition coefficient (Wildman–Crippen LogP) is 0.0358. The zero-order valence-corrected chi connectivity index (χ0v) is 10.5. The first-order valence-corrected chi connectivity index (χ1v) is 5.29. The van der Waals surface area contributed by atoms with Gasteiger partial charge in [0.05, 0.1) is 13.2 Å². The maximum atomic E-state index is 11.4. The van der Waals surface area contributed by atoms with Gasteiger partial charge in [-0.25, -0.2) is 9.59 Å². The highest BCUT2D eigenvalue weighted by atomic mass is 16.6. The van der Waals surface area contributed by atoms with Crippen molar-refractivity contribution in [1.29, 1.82) is 5.26 Å². The molecular weight excluding hydrogens is 258 g/mol. The van der Waals surface area contributed by atoms with E-state index >= 15 is 0 Å². The van der Waals surface area contributed by atoms with E-state index in [9.17, 15) is 14.4 Å². The Hall–Kier alpha value is -2.56. The molecule has 0 aliphatic carbocycles. The number of nitriles is 1. The van der Waals surface area contributed by atoms with Gasteiger partial charge < -0.3 is 18.9 Å². The van der Waals surface area contributed by atoms with Gasteiger partial charge in [-0.05, 0) is 13.8 Å². The lowest BCUT2D eigenvalue weighted by atomic mass is 10.3. The van der Waals surface area contributed by atoms with E-state index in [1.54, 1.807) is 13.8 Å². The minimum atomic E-state index is -1.68. The Morgan fingerprint density at radius 3 is 2.11 bits per heavy atom. The van der Waals surface area contributed by atoms with Crippen LogP contribution in [0.3, 0.4) is 0 Å². The molecule has 0 unspecified atom stereocenters. The molecular formula is C11H13NO7. The van der Waals surface area contributed by atoms with Gasteiger partial charge in [0.25, 0.3) is 12.6 Å². The van der Waals surface area contributed by atoms with Gasteiger partial charge in [0, 0.05) is 0 Å². The summed E-state index contributed by atoms with van der Waals surface area (Å²) in [6, 6.07) is 1.48. The van der Waals surface area contributed by atoms with Crippen LogP contribution >= 0.6 is 0 Å². The van der Waals surface area contributed by atoms with Crippen LogP contribution in [0.5, 0.6) is 0 Å². The molecule has 0 saturated carbocycles. The Morgan fingerprint density at radius 2 is 1.74 bits per heavy atom. The first-order chi connectivity index (χ1) is 9.10. The van der Waals surface area contributed by atoms with Crippen molar-refractivity contribution in [1.82, 2.24) is 0 Å². The molecule has 0 aliphatic rings. The van der Waals surface area contributed by atoms with Gasteiger partial charge in [-0.1, -0.05) is 0 Å². The topological polar surface area (TPSA) is 112 Å². The lowest BCUT2D eigenvalue weighted by molar-refractivity contribution is -0.168. The summed E-state index contributed by atoms with van der Waals surface area (Å²) in [4.78, 5) is 32.9. The summed E-state index contributed by atoms with van der Waals surface area (Å²) in [7, 11) is 0. The Labute approximate surface area is 109 Å². The molecule has 0 saturated heterocycles. The van der Waals surface area contributed by atoms with Gasteiger partial charge in [0.15, 0.2) is 0 Å². The Kier molecular flexibility index (Phi) is 8.19. The molecule has 0 aromatic carbocycles. The molecule has 0 amide bonds. The molecule has 0 rings (SSSR count). The van der Waals surface area contributed by atoms with Crippen molar-refractivity contribution in [3.05, 3.63) is 12.0 Å². The van der Waals surface area contributed by atoms with E-state index in [1.165, 1.54) is 6.07 Å². The second kappa shape index (κ2) is 9.47. The van der Waals surface area contributed by atoms with Gasteiger partial charge in [0.2, 0.25) is 5.76 Å². The molecule has 8 heteroatoms. The monoisotopic (exact) mass is 271 g/mol. The smallest absolute Gasteiger partial charge is 0.359 e. The van der Waals surface area contributed by atoms with Crippen molar-refractivity contribution in [2.24, 2.45) is 0 Å². The maximum Gasteiger partial charge on any atom is 0.359 e. The van der Waals surface area contributed by atoms with E-state index in [0.717, 1.165) is 0 Å². The zero-order valence-electron chi connectivity index (χ0n) is 10.5. The maximum absolute atomic E-state index is 11.4. The van der Waals surface area contributed by atoms with Gasteiger partial charge >= 0.3 is 11.9 Å². The molecule has 0 atom stereocenters. The van der Waals surface area contributed by atoms with Crippen molar-refractivity contribution >= 4 is 18.4 Å². The molecule has 0 aromatic rings. The quantitative estimate of drug-likeness (QED) is 0.152. The number of carbonyl (C=O) groups is 3. The average Bonchev–Trinajstić information content (AvgIpc) is 2.38. The molecule has 104 valence electrons. The van der Waals surface area contributed by atoms with Gasteiger partial charge in [0.1, 0.15) is 12.3 Å². The highest BCUT2D eigenvalue weighted by molar-refractivity contribution is 5.98. The van der Waals surface area contributed by atoms with Crippen LogP contribution in [0.15, 0.2) is 12.0 Å². The lowest BCUT2D eigenvalue weighted by Gasteiger charge is -2.13. The fourth-order valence-electron chi connectivity index (χ4n) is 0.905. The molecule has 0 spiro atoms.